The van der Waals surface area contributed by atoms with Crippen LogP contribution in [0.25, 0.3) is 0 Å². The van der Waals surface area contributed by atoms with Crippen LogP contribution in [0.15, 0.2) is 24.3 Å². The average molecular weight is 289 g/mol. The highest BCUT2D eigenvalue weighted by Crippen LogP contribution is 2.08. The Labute approximate surface area is 124 Å². The third-order valence-electron chi connectivity index (χ3n) is 2.85. The first kappa shape index (κ1) is 16.7. The molecule has 6 nitrogen and oxygen atoms in total. The van der Waals surface area contributed by atoms with Gasteiger partial charge in [0.1, 0.15) is 0 Å². The topological polar surface area (TPSA) is 82.4 Å². The minimum absolute atomic E-state index is 0.000943. The molecule has 2 amide bonds. The van der Waals surface area contributed by atoms with Crippen molar-refractivity contribution in [2.24, 2.45) is 0 Å². The lowest BCUT2D eigenvalue weighted by molar-refractivity contribution is -0.132. The van der Waals surface area contributed by atoms with Crippen molar-refractivity contribution in [2.75, 3.05) is 32.1 Å². The summed E-state index contributed by atoms with van der Waals surface area (Å²) in [7, 11) is 1.59. The summed E-state index contributed by atoms with van der Waals surface area (Å²) >= 11 is 0. The molecule has 1 N–H and O–H groups in total. The first-order chi connectivity index (χ1) is 10.1. The highest BCUT2D eigenvalue weighted by Gasteiger charge is 2.13. The minimum atomic E-state index is -0.271. The third kappa shape index (κ3) is 6.06. The molecule has 1 aromatic carbocycles. The fourth-order valence-corrected chi connectivity index (χ4v) is 1.75. The van der Waals surface area contributed by atoms with Gasteiger partial charge in [-0.15, -0.1) is 0 Å². The Morgan fingerprint density at radius 2 is 2.00 bits per heavy atom. The van der Waals surface area contributed by atoms with Crippen molar-refractivity contribution in [3.8, 4) is 6.07 Å². The van der Waals surface area contributed by atoms with Gasteiger partial charge in [0.05, 0.1) is 18.2 Å². The van der Waals surface area contributed by atoms with Crippen LogP contribution in [0, 0.1) is 11.3 Å². The lowest BCUT2D eigenvalue weighted by atomic mass is 10.2. The number of benzene rings is 1. The number of rotatable bonds is 7. The molecular weight excluding hydrogens is 270 g/mol. The summed E-state index contributed by atoms with van der Waals surface area (Å²) in [5.74, 6) is -0.423. The molecule has 1 aromatic rings. The molecule has 0 aliphatic rings. The number of hydrogen-bond donors (Lipinski definition) is 1. The molecule has 0 aliphatic carbocycles. The maximum absolute atomic E-state index is 11.9. The van der Waals surface area contributed by atoms with E-state index in [0.29, 0.717) is 30.8 Å². The van der Waals surface area contributed by atoms with Crippen molar-refractivity contribution < 1.29 is 14.3 Å². The smallest absolute Gasteiger partial charge is 0.243 e. The molecule has 0 bridgehead atoms. The average Bonchev–Trinajstić information content (AvgIpc) is 2.47. The normalized spacial score (nSPS) is 9.76. The Hall–Kier alpha value is -2.39. The first-order valence-corrected chi connectivity index (χ1v) is 6.61. The summed E-state index contributed by atoms with van der Waals surface area (Å²) in [5, 5.41) is 11.4. The van der Waals surface area contributed by atoms with Gasteiger partial charge in [0.25, 0.3) is 0 Å². The van der Waals surface area contributed by atoms with Crippen LogP contribution < -0.4 is 5.32 Å². The molecule has 0 aliphatic heterocycles. The second-order valence-corrected chi connectivity index (χ2v) is 4.52. The van der Waals surface area contributed by atoms with E-state index in [1.165, 1.54) is 11.8 Å². The Morgan fingerprint density at radius 3 is 2.52 bits per heavy atom. The van der Waals surface area contributed by atoms with Crippen LogP contribution in [-0.2, 0) is 14.3 Å². The zero-order chi connectivity index (χ0) is 15.7. The summed E-state index contributed by atoms with van der Waals surface area (Å²) in [5.41, 5.74) is 1.12. The van der Waals surface area contributed by atoms with E-state index < -0.39 is 0 Å². The number of anilines is 1. The van der Waals surface area contributed by atoms with E-state index >= 15 is 0 Å². The van der Waals surface area contributed by atoms with Gasteiger partial charge in [0, 0.05) is 32.9 Å². The molecule has 0 radical (unpaired) electrons. The minimum Gasteiger partial charge on any atom is -0.385 e. The van der Waals surface area contributed by atoms with Crippen LogP contribution in [0.5, 0.6) is 0 Å². The number of amides is 2. The number of nitrogens with one attached hydrogen (secondary N) is 1. The largest absolute Gasteiger partial charge is 0.385 e. The van der Waals surface area contributed by atoms with Gasteiger partial charge < -0.3 is 15.0 Å². The predicted molar refractivity (Wildman–Crippen MR) is 78.5 cm³/mol. The Morgan fingerprint density at radius 1 is 1.33 bits per heavy atom. The fraction of sp³-hybridized carbons (Fsp3) is 0.400. The maximum Gasteiger partial charge on any atom is 0.243 e. The van der Waals surface area contributed by atoms with Crippen LogP contribution in [0.3, 0.4) is 0 Å². The number of carbonyl (C=O) groups is 2. The first-order valence-electron chi connectivity index (χ1n) is 6.61. The second-order valence-electron chi connectivity index (χ2n) is 4.52. The SMILES string of the molecule is COCCCN(CC(=O)Nc1ccc(C#N)cc1)C(C)=O. The Bertz CT molecular complexity index is 520. The quantitative estimate of drug-likeness (QED) is 0.769. The van der Waals surface area contributed by atoms with Crippen molar-refractivity contribution in [1.82, 2.24) is 4.90 Å². The van der Waals surface area contributed by atoms with Gasteiger partial charge in [0.2, 0.25) is 11.8 Å². The van der Waals surface area contributed by atoms with E-state index in [-0.39, 0.29) is 18.4 Å². The van der Waals surface area contributed by atoms with Gasteiger partial charge in [-0.1, -0.05) is 0 Å². The number of carbonyl (C=O) groups excluding carboxylic acids is 2. The van der Waals surface area contributed by atoms with Crippen molar-refractivity contribution in [1.29, 1.82) is 5.26 Å². The molecule has 0 saturated carbocycles. The van der Waals surface area contributed by atoms with Gasteiger partial charge in [-0.05, 0) is 30.7 Å². The molecule has 0 spiro atoms. The third-order valence-corrected chi connectivity index (χ3v) is 2.85. The number of methoxy groups -OCH3 is 1. The molecule has 0 unspecified atom stereocenters. The second kappa shape index (κ2) is 8.72. The molecule has 0 atom stereocenters. The highest BCUT2D eigenvalue weighted by atomic mass is 16.5. The van der Waals surface area contributed by atoms with Gasteiger partial charge in [-0.25, -0.2) is 0 Å². The molecule has 0 saturated heterocycles. The van der Waals surface area contributed by atoms with Gasteiger partial charge in [-0.3, -0.25) is 9.59 Å². The van der Waals surface area contributed by atoms with Crippen LogP contribution in [0.2, 0.25) is 0 Å². The van der Waals surface area contributed by atoms with E-state index in [1.54, 1.807) is 31.4 Å². The van der Waals surface area contributed by atoms with Crippen LogP contribution in [-0.4, -0.2) is 43.5 Å². The number of hydrogen-bond acceptors (Lipinski definition) is 4. The van der Waals surface area contributed by atoms with Crippen molar-refractivity contribution >= 4 is 17.5 Å². The van der Waals surface area contributed by atoms with E-state index in [1.807, 2.05) is 6.07 Å². The Balaban J connectivity index is 2.52. The number of nitrogens with zero attached hydrogens (tertiary/aromatic N) is 2. The lowest BCUT2D eigenvalue weighted by Crippen LogP contribution is -2.37. The summed E-state index contributed by atoms with van der Waals surface area (Å²) < 4.78 is 4.93. The van der Waals surface area contributed by atoms with Crippen LogP contribution >= 0.6 is 0 Å². The lowest BCUT2D eigenvalue weighted by Gasteiger charge is -2.20. The number of nitriles is 1. The highest BCUT2D eigenvalue weighted by molar-refractivity contribution is 5.94. The van der Waals surface area contributed by atoms with Crippen molar-refractivity contribution in [2.45, 2.75) is 13.3 Å². The van der Waals surface area contributed by atoms with E-state index in [9.17, 15) is 9.59 Å². The van der Waals surface area contributed by atoms with E-state index in [2.05, 4.69) is 5.32 Å². The number of ether oxygens (including phenoxy) is 1. The zero-order valence-electron chi connectivity index (χ0n) is 12.3. The molecule has 21 heavy (non-hydrogen) atoms. The monoisotopic (exact) mass is 289 g/mol. The van der Waals surface area contributed by atoms with Crippen molar-refractivity contribution in [3.63, 3.8) is 0 Å². The summed E-state index contributed by atoms with van der Waals surface area (Å²) in [6, 6.07) is 8.55. The summed E-state index contributed by atoms with van der Waals surface area (Å²) in [6.45, 7) is 2.45. The molecule has 6 heteroatoms. The molecule has 112 valence electrons. The van der Waals surface area contributed by atoms with Crippen LogP contribution in [0.4, 0.5) is 5.69 Å². The summed E-state index contributed by atoms with van der Waals surface area (Å²) in [6.07, 6.45) is 0.681. The van der Waals surface area contributed by atoms with Gasteiger partial charge in [-0.2, -0.15) is 5.26 Å². The Kier molecular flexibility index (Phi) is 6.92. The molecular formula is C15H19N3O3. The summed E-state index contributed by atoms with van der Waals surface area (Å²) in [4.78, 5) is 24.9. The zero-order valence-corrected chi connectivity index (χ0v) is 12.3. The van der Waals surface area contributed by atoms with E-state index in [4.69, 9.17) is 10.00 Å². The molecule has 1 rings (SSSR count). The van der Waals surface area contributed by atoms with Gasteiger partial charge >= 0.3 is 0 Å². The van der Waals surface area contributed by atoms with Crippen molar-refractivity contribution in [3.05, 3.63) is 29.8 Å². The van der Waals surface area contributed by atoms with Gasteiger partial charge in [0.15, 0.2) is 0 Å². The predicted octanol–water partition coefficient (Wildman–Crippen LogP) is 1.38. The molecule has 0 aromatic heterocycles. The molecule has 0 heterocycles. The molecule has 0 fully saturated rings. The van der Waals surface area contributed by atoms with Crippen LogP contribution in [0.1, 0.15) is 18.9 Å². The fourth-order valence-electron chi connectivity index (χ4n) is 1.75. The standard InChI is InChI=1S/C15H19N3O3/c1-12(19)18(8-3-9-21-2)11-15(20)17-14-6-4-13(10-16)5-7-14/h4-7H,3,8-9,11H2,1-2H3,(H,17,20). The van der Waals surface area contributed by atoms with E-state index in [0.717, 1.165) is 0 Å². The maximum atomic E-state index is 11.9.